The van der Waals surface area contributed by atoms with E-state index in [0.717, 1.165) is 17.7 Å². The van der Waals surface area contributed by atoms with Crippen molar-refractivity contribution in [2.24, 2.45) is 0 Å². The molecule has 1 aromatic rings. The number of rotatable bonds is 4. The van der Waals surface area contributed by atoms with Crippen LogP contribution in [0.1, 0.15) is 44.9 Å². The maximum absolute atomic E-state index is 12.7. The van der Waals surface area contributed by atoms with Crippen molar-refractivity contribution in [3.05, 3.63) is 29.6 Å². The maximum Gasteiger partial charge on any atom is 0.248 e. The van der Waals surface area contributed by atoms with E-state index in [1.165, 1.54) is 0 Å². The minimum absolute atomic E-state index is 0.0504. The molecule has 2 rings (SSSR count). The fourth-order valence-corrected chi connectivity index (χ4v) is 2.67. The smallest absolute Gasteiger partial charge is 0.248 e. The summed E-state index contributed by atoms with van der Waals surface area (Å²) in [5.74, 6) is -0.124. The Morgan fingerprint density at radius 2 is 2.10 bits per heavy atom. The fraction of sp³-hybridized carbons (Fsp3) is 0.562. The summed E-state index contributed by atoms with van der Waals surface area (Å²) in [5, 5.41) is 2.82. The van der Waals surface area contributed by atoms with E-state index in [1.807, 2.05) is 26.0 Å². The number of aryl methyl sites for hydroxylation is 1. The molecule has 0 radical (unpaired) electrons. The van der Waals surface area contributed by atoms with Gasteiger partial charge >= 0.3 is 0 Å². The molecule has 1 aliphatic rings. The second-order valence-electron chi connectivity index (χ2n) is 6.12. The van der Waals surface area contributed by atoms with Crippen LogP contribution in [-0.2, 0) is 16.1 Å². The van der Waals surface area contributed by atoms with Gasteiger partial charge in [-0.15, -0.1) is 0 Å². The molecule has 5 nitrogen and oxygen atoms in total. The van der Waals surface area contributed by atoms with Gasteiger partial charge in [0.2, 0.25) is 11.8 Å². The van der Waals surface area contributed by atoms with E-state index < -0.39 is 11.6 Å². The van der Waals surface area contributed by atoms with Crippen LogP contribution < -0.4 is 5.32 Å². The van der Waals surface area contributed by atoms with Crippen molar-refractivity contribution in [1.29, 1.82) is 0 Å². The Morgan fingerprint density at radius 3 is 2.71 bits per heavy atom. The summed E-state index contributed by atoms with van der Waals surface area (Å²) in [6, 6.07) is 3.44. The molecule has 2 amide bonds. The summed E-state index contributed by atoms with van der Waals surface area (Å²) in [7, 11) is 0. The molecule has 1 unspecified atom stereocenters. The number of piperazine rings is 1. The zero-order valence-electron chi connectivity index (χ0n) is 13.1. The molecule has 114 valence electrons. The lowest BCUT2D eigenvalue weighted by atomic mass is 9.94. The van der Waals surface area contributed by atoms with E-state index >= 15 is 0 Å². The number of hydrogen-bond acceptors (Lipinski definition) is 3. The maximum atomic E-state index is 12.7. The minimum atomic E-state index is -0.857. The van der Waals surface area contributed by atoms with Gasteiger partial charge in [-0.1, -0.05) is 19.4 Å². The van der Waals surface area contributed by atoms with Crippen molar-refractivity contribution in [2.45, 2.75) is 58.7 Å². The zero-order valence-corrected chi connectivity index (χ0v) is 13.1. The van der Waals surface area contributed by atoms with Crippen LogP contribution in [0.5, 0.6) is 0 Å². The van der Waals surface area contributed by atoms with E-state index in [2.05, 4.69) is 10.3 Å². The summed E-state index contributed by atoms with van der Waals surface area (Å²) >= 11 is 0. The van der Waals surface area contributed by atoms with E-state index in [1.54, 1.807) is 24.9 Å². The van der Waals surface area contributed by atoms with E-state index in [0.29, 0.717) is 13.0 Å². The van der Waals surface area contributed by atoms with Gasteiger partial charge in [0.25, 0.3) is 0 Å². The van der Waals surface area contributed by atoms with Crippen LogP contribution in [0.3, 0.4) is 0 Å². The predicted molar refractivity (Wildman–Crippen MR) is 80.4 cm³/mol. The SMILES string of the molecule is CCCC1C(=O)NC(C)(C)C(=O)N1Cc1ncccc1C. The van der Waals surface area contributed by atoms with Gasteiger partial charge in [0.1, 0.15) is 11.6 Å². The molecular formula is C16H23N3O2. The normalized spacial score (nSPS) is 21.3. The monoisotopic (exact) mass is 289 g/mol. The zero-order chi connectivity index (χ0) is 15.6. The Hall–Kier alpha value is -1.91. The van der Waals surface area contributed by atoms with Gasteiger partial charge < -0.3 is 10.2 Å². The molecule has 0 saturated carbocycles. The van der Waals surface area contributed by atoms with Gasteiger partial charge in [-0.2, -0.15) is 0 Å². The standard InChI is InChI=1S/C16H23N3O2/c1-5-7-13-14(20)18-16(3,4)15(21)19(13)10-12-11(2)8-6-9-17-12/h6,8-9,13H,5,7,10H2,1-4H3,(H,18,20). The molecule has 1 aliphatic heterocycles. The molecule has 0 aliphatic carbocycles. The second-order valence-corrected chi connectivity index (χ2v) is 6.12. The van der Waals surface area contributed by atoms with Gasteiger partial charge in [-0.3, -0.25) is 14.6 Å². The molecule has 1 saturated heterocycles. The minimum Gasteiger partial charge on any atom is -0.340 e. The Morgan fingerprint density at radius 1 is 1.38 bits per heavy atom. The number of nitrogens with one attached hydrogen (secondary N) is 1. The number of amides is 2. The van der Waals surface area contributed by atoms with Crippen molar-refractivity contribution in [3.8, 4) is 0 Å². The van der Waals surface area contributed by atoms with Gasteiger partial charge in [0.05, 0.1) is 12.2 Å². The average molecular weight is 289 g/mol. The molecule has 0 bridgehead atoms. The summed E-state index contributed by atoms with van der Waals surface area (Å²) < 4.78 is 0. The molecule has 1 fully saturated rings. The highest BCUT2D eigenvalue weighted by Gasteiger charge is 2.44. The largest absolute Gasteiger partial charge is 0.340 e. The summed E-state index contributed by atoms with van der Waals surface area (Å²) in [6.07, 6.45) is 3.24. The number of aromatic nitrogens is 1. The molecule has 5 heteroatoms. The van der Waals surface area contributed by atoms with Crippen LogP contribution in [0, 0.1) is 6.92 Å². The van der Waals surface area contributed by atoms with Crippen LogP contribution in [-0.4, -0.2) is 33.3 Å². The van der Waals surface area contributed by atoms with Crippen LogP contribution in [0.15, 0.2) is 18.3 Å². The van der Waals surface area contributed by atoms with Crippen molar-refractivity contribution in [1.82, 2.24) is 15.2 Å². The summed E-state index contributed by atoms with van der Waals surface area (Å²) in [4.78, 5) is 31.0. The Balaban J connectivity index is 2.32. The lowest BCUT2D eigenvalue weighted by Gasteiger charge is -2.42. The summed E-state index contributed by atoms with van der Waals surface area (Å²) in [6.45, 7) is 7.85. The van der Waals surface area contributed by atoms with E-state index in [9.17, 15) is 9.59 Å². The first-order valence-corrected chi connectivity index (χ1v) is 7.40. The van der Waals surface area contributed by atoms with Crippen LogP contribution in [0.4, 0.5) is 0 Å². The first-order valence-electron chi connectivity index (χ1n) is 7.40. The second kappa shape index (κ2) is 5.84. The van der Waals surface area contributed by atoms with Crippen molar-refractivity contribution in [2.75, 3.05) is 0 Å². The molecule has 0 spiro atoms. The lowest BCUT2D eigenvalue weighted by Crippen LogP contribution is -2.67. The van der Waals surface area contributed by atoms with E-state index in [4.69, 9.17) is 0 Å². The van der Waals surface area contributed by atoms with E-state index in [-0.39, 0.29) is 11.8 Å². The predicted octanol–water partition coefficient (Wildman–Crippen LogP) is 1.80. The molecule has 1 N–H and O–H groups in total. The highest BCUT2D eigenvalue weighted by molar-refractivity contribution is 5.99. The third-order valence-electron chi connectivity index (χ3n) is 3.91. The molecule has 21 heavy (non-hydrogen) atoms. The first kappa shape index (κ1) is 15.5. The molecular weight excluding hydrogens is 266 g/mol. The third-order valence-corrected chi connectivity index (χ3v) is 3.91. The number of hydrogen-bond donors (Lipinski definition) is 1. The summed E-state index contributed by atoms with van der Waals surface area (Å²) in [5.41, 5.74) is 1.02. The number of pyridine rings is 1. The van der Waals surface area contributed by atoms with Crippen molar-refractivity contribution in [3.63, 3.8) is 0 Å². The quantitative estimate of drug-likeness (QED) is 0.919. The third kappa shape index (κ3) is 3.06. The van der Waals surface area contributed by atoms with Crippen LogP contribution >= 0.6 is 0 Å². The first-order chi connectivity index (χ1) is 9.86. The average Bonchev–Trinajstić information content (AvgIpc) is 2.42. The highest BCUT2D eigenvalue weighted by Crippen LogP contribution is 2.23. The molecule has 1 atom stereocenters. The molecule has 0 aromatic carbocycles. The number of carbonyl (C=O) groups excluding carboxylic acids is 2. The van der Waals surface area contributed by atoms with Gasteiger partial charge in [0.15, 0.2) is 0 Å². The van der Waals surface area contributed by atoms with Gasteiger partial charge in [-0.05, 0) is 38.8 Å². The topological polar surface area (TPSA) is 62.3 Å². The highest BCUT2D eigenvalue weighted by atomic mass is 16.2. The van der Waals surface area contributed by atoms with Crippen LogP contribution in [0.25, 0.3) is 0 Å². The van der Waals surface area contributed by atoms with Crippen LogP contribution in [0.2, 0.25) is 0 Å². The van der Waals surface area contributed by atoms with Crippen molar-refractivity contribution >= 4 is 11.8 Å². The Labute approximate surface area is 125 Å². The Bertz CT molecular complexity index is 554. The van der Waals surface area contributed by atoms with Gasteiger partial charge in [0, 0.05) is 6.20 Å². The van der Waals surface area contributed by atoms with Gasteiger partial charge in [-0.25, -0.2) is 0 Å². The van der Waals surface area contributed by atoms with Crippen molar-refractivity contribution < 1.29 is 9.59 Å². The Kier molecular flexibility index (Phi) is 4.30. The lowest BCUT2D eigenvalue weighted by molar-refractivity contribution is -0.154. The molecule has 2 heterocycles. The number of nitrogens with zero attached hydrogens (tertiary/aromatic N) is 2. The fourth-order valence-electron chi connectivity index (χ4n) is 2.67. The number of carbonyl (C=O) groups is 2. The molecule has 1 aromatic heterocycles.